The Bertz CT molecular complexity index is 420. The number of hydrogen-bond donors (Lipinski definition) is 2. The summed E-state index contributed by atoms with van der Waals surface area (Å²) in [6.07, 6.45) is 1.93. The summed E-state index contributed by atoms with van der Waals surface area (Å²) in [5.74, 6) is 0.384. The van der Waals surface area contributed by atoms with E-state index in [2.05, 4.69) is 20.4 Å². The van der Waals surface area contributed by atoms with E-state index in [0.29, 0.717) is 25.5 Å². The maximum absolute atomic E-state index is 11.1. The Morgan fingerprint density at radius 2 is 2.05 bits per heavy atom. The second-order valence-electron chi connectivity index (χ2n) is 4.55. The zero-order valence-corrected chi connectivity index (χ0v) is 13.4. The molecule has 20 heavy (non-hydrogen) atoms. The molecule has 0 saturated carbocycles. The Kier molecular flexibility index (Phi) is 8.94. The molecule has 1 unspecified atom stereocenters. The summed E-state index contributed by atoms with van der Waals surface area (Å²) in [4.78, 5) is 15.2. The average molecular weight is 307 g/mol. The first-order valence-electron chi connectivity index (χ1n) is 6.58. The lowest BCUT2D eigenvalue weighted by atomic mass is 10.3. The van der Waals surface area contributed by atoms with Gasteiger partial charge in [0.1, 0.15) is 9.84 Å². The fourth-order valence-electron chi connectivity index (χ4n) is 1.38. The quantitative estimate of drug-likeness (QED) is 0.370. The Morgan fingerprint density at radius 3 is 2.55 bits per heavy atom. The minimum atomic E-state index is -2.96. The molecule has 0 aromatic heterocycles. The van der Waals surface area contributed by atoms with E-state index in [4.69, 9.17) is 0 Å². The first kappa shape index (κ1) is 18.7. The van der Waals surface area contributed by atoms with Gasteiger partial charge in [0.2, 0.25) is 0 Å². The Balaban J connectivity index is 4.30. The SMILES string of the molecule is CCNC(=NCCC(=O)OC)NC(C)CCS(C)(=O)=O. The molecule has 0 aromatic rings. The van der Waals surface area contributed by atoms with Crippen LogP contribution in [0.15, 0.2) is 4.99 Å². The lowest BCUT2D eigenvalue weighted by Gasteiger charge is -2.17. The van der Waals surface area contributed by atoms with Crippen LogP contribution in [0.3, 0.4) is 0 Å². The number of sulfone groups is 1. The summed E-state index contributed by atoms with van der Waals surface area (Å²) in [7, 11) is -1.62. The van der Waals surface area contributed by atoms with Crippen molar-refractivity contribution in [2.75, 3.05) is 32.2 Å². The molecule has 0 bridgehead atoms. The number of nitrogens with one attached hydrogen (secondary N) is 2. The number of esters is 1. The summed E-state index contributed by atoms with van der Waals surface area (Å²) < 4.78 is 26.7. The van der Waals surface area contributed by atoms with Gasteiger partial charge in [0.05, 0.1) is 25.8 Å². The van der Waals surface area contributed by atoms with Gasteiger partial charge in [-0.2, -0.15) is 0 Å². The standard InChI is InChI=1S/C12H25N3O4S/c1-5-13-12(14-8-6-11(16)19-3)15-10(2)7-9-20(4,17)18/h10H,5-9H2,1-4H3,(H2,13,14,15). The molecule has 0 radical (unpaired) electrons. The number of nitrogens with zero attached hydrogens (tertiary/aromatic N) is 1. The first-order chi connectivity index (χ1) is 9.28. The van der Waals surface area contributed by atoms with Crippen LogP contribution in [0.5, 0.6) is 0 Å². The fourth-order valence-corrected chi connectivity index (χ4v) is 2.16. The highest BCUT2D eigenvalue weighted by atomic mass is 32.2. The average Bonchev–Trinajstić information content (AvgIpc) is 2.35. The Morgan fingerprint density at radius 1 is 1.40 bits per heavy atom. The molecule has 0 heterocycles. The van der Waals surface area contributed by atoms with Crippen LogP contribution in [0.4, 0.5) is 0 Å². The topological polar surface area (TPSA) is 96.9 Å². The second-order valence-corrected chi connectivity index (χ2v) is 6.81. The lowest BCUT2D eigenvalue weighted by Crippen LogP contribution is -2.43. The fraction of sp³-hybridized carbons (Fsp3) is 0.833. The van der Waals surface area contributed by atoms with Crippen LogP contribution in [0, 0.1) is 0 Å². The molecule has 0 rings (SSSR count). The van der Waals surface area contributed by atoms with Crippen LogP contribution in [0.1, 0.15) is 26.7 Å². The third-order valence-corrected chi connectivity index (χ3v) is 3.44. The third kappa shape index (κ3) is 10.6. The minimum Gasteiger partial charge on any atom is -0.469 e. The van der Waals surface area contributed by atoms with Crippen molar-refractivity contribution >= 4 is 21.8 Å². The number of aliphatic imine (C=N–C) groups is 1. The molecule has 2 N–H and O–H groups in total. The number of hydrogen-bond acceptors (Lipinski definition) is 5. The van der Waals surface area contributed by atoms with E-state index in [9.17, 15) is 13.2 Å². The van der Waals surface area contributed by atoms with E-state index < -0.39 is 9.84 Å². The van der Waals surface area contributed by atoms with Gasteiger partial charge in [-0.05, 0) is 20.3 Å². The maximum atomic E-state index is 11.1. The van der Waals surface area contributed by atoms with Crippen molar-refractivity contribution in [3.05, 3.63) is 0 Å². The van der Waals surface area contributed by atoms with E-state index in [1.807, 2.05) is 13.8 Å². The summed E-state index contributed by atoms with van der Waals surface area (Å²) in [6, 6.07) is -0.0272. The van der Waals surface area contributed by atoms with Crippen LogP contribution >= 0.6 is 0 Å². The normalized spacial score (nSPS) is 13.7. The third-order valence-electron chi connectivity index (χ3n) is 2.46. The van der Waals surface area contributed by atoms with Gasteiger partial charge < -0.3 is 15.4 Å². The molecule has 118 valence electrons. The van der Waals surface area contributed by atoms with E-state index in [-0.39, 0.29) is 24.2 Å². The van der Waals surface area contributed by atoms with Crippen molar-refractivity contribution in [1.82, 2.24) is 10.6 Å². The summed E-state index contributed by atoms with van der Waals surface area (Å²) in [6.45, 7) is 4.82. The largest absolute Gasteiger partial charge is 0.469 e. The van der Waals surface area contributed by atoms with Crippen molar-refractivity contribution in [3.63, 3.8) is 0 Å². The number of guanidine groups is 1. The van der Waals surface area contributed by atoms with E-state index in [1.165, 1.54) is 13.4 Å². The highest BCUT2D eigenvalue weighted by Gasteiger charge is 2.09. The van der Waals surface area contributed by atoms with Crippen molar-refractivity contribution in [2.24, 2.45) is 4.99 Å². The molecule has 7 nitrogen and oxygen atoms in total. The monoisotopic (exact) mass is 307 g/mol. The number of methoxy groups -OCH3 is 1. The van der Waals surface area contributed by atoms with E-state index >= 15 is 0 Å². The number of rotatable bonds is 8. The van der Waals surface area contributed by atoms with Gasteiger partial charge in [-0.25, -0.2) is 8.42 Å². The van der Waals surface area contributed by atoms with Crippen LogP contribution in [0.25, 0.3) is 0 Å². The van der Waals surface area contributed by atoms with Crippen LogP contribution < -0.4 is 10.6 Å². The molecule has 0 aliphatic carbocycles. The molecular weight excluding hydrogens is 282 g/mol. The first-order valence-corrected chi connectivity index (χ1v) is 8.64. The number of ether oxygens (including phenoxy) is 1. The maximum Gasteiger partial charge on any atom is 0.307 e. The van der Waals surface area contributed by atoms with Gasteiger partial charge >= 0.3 is 5.97 Å². The summed E-state index contributed by atoms with van der Waals surface area (Å²) >= 11 is 0. The number of carbonyl (C=O) groups is 1. The van der Waals surface area contributed by atoms with Gasteiger partial charge in [-0.1, -0.05) is 0 Å². The Hall–Kier alpha value is -1.31. The van der Waals surface area contributed by atoms with E-state index in [0.717, 1.165) is 0 Å². The van der Waals surface area contributed by atoms with Crippen molar-refractivity contribution in [3.8, 4) is 0 Å². The zero-order valence-electron chi connectivity index (χ0n) is 12.6. The molecule has 0 fully saturated rings. The molecule has 0 aliphatic heterocycles. The van der Waals surface area contributed by atoms with Gasteiger partial charge in [-0.3, -0.25) is 9.79 Å². The molecule has 0 saturated heterocycles. The zero-order chi connectivity index (χ0) is 15.6. The van der Waals surface area contributed by atoms with Crippen molar-refractivity contribution in [1.29, 1.82) is 0 Å². The van der Waals surface area contributed by atoms with E-state index in [1.54, 1.807) is 0 Å². The molecule has 0 amide bonds. The number of carbonyl (C=O) groups excluding carboxylic acids is 1. The predicted octanol–water partition coefficient (Wildman–Crippen LogP) is -0.0722. The second kappa shape index (κ2) is 9.57. The minimum absolute atomic E-state index is 0.0272. The van der Waals surface area contributed by atoms with Crippen LogP contribution in [-0.2, 0) is 19.4 Å². The van der Waals surface area contributed by atoms with Crippen LogP contribution in [0.2, 0.25) is 0 Å². The molecule has 1 atom stereocenters. The van der Waals surface area contributed by atoms with Gasteiger partial charge in [0.25, 0.3) is 0 Å². The lowest BCUT2D eigenvalue weighted by molar-refractivity contribution is -0.140. The van der Waals surface area contributed by atoms with Crippen molar-refractivity contribution in [2.45, 2.75) is 32.7 Å². The molecule has 8 heteroatoms. The van der Waals surface area contributed by atoms with Gasteiger partial charge in [0, 0.05) is 18.8 Å². The van der Waals surface area contributed by atoms with Crippen LogP contribution in [-0.4, -0.2) is 58.6 Å². The molecular formula is C12H25N3O4S. The van der Waals surface area contributed by atoms with Crippen molar-refractivity contribution < 1.29 is 17.9 Å². The summed E-state index contributed by atoms with van der Waals surface area (Å²) in [5.41, 5.74) is 0. The molecule has 0 aliphatic rings. The van der Waals surface area contributed by atoms with Gasteiger partial charge in [-0.15, -0.1) is 0 Å². The predicted molar refractivity (Wildman–Crippen MR) is 79.5 cm³/mol. The smallest absolute Gasteiger partial charge is 0.307 e. The highest BCUT2D eigenvalue weighted by molar-refractivity contribution is 7.90. The molecule has 0 aromatic carbocycles. The molecule has 0 spiro atoms. The summed E-state index contributed by atoms with van der Waals surface area (Å²) in [5, 5.41) is 6.14. The highest BCUT2D eigenvalue weighted by Crippen LogP contribution is 1.95. The van der Waals surface area contributed by atoms with Gasteiger partial charge in [0.15, 0.2) is 5.96 Å². The Labute approximate surface area is 121 Å².